The number of esters is 1. The molecule has 0 radical (unpaired) electrons. The summed E-state index contributed by atoms with van der Waals surface area (Å²) in [4.78, 5) is 23.1. The van der Waals surface area contributed by atoms with Crippen LogP contribution < -0.4 is 11.1 Å². The Bertz CT molecular complexity index is 491. The lowest BCUT2D eigenvalue weighted by molar-refractivity contribution is -0.124. The summed E-state index contributed by atoms with van der Waals surface area (Å²) >= 11 is 0. The molecule has 0 saturated carbocycles. The van der Waals surface area contributed by atoms with Gasteiger partial charge in [0.2, 0.25) is 0 Å². The number of benzene rings is 1. The minimum atomic E-state index is -0.888. The van der Waals surface area contributed by atoms with Gasteiger partial charge in [-0.1, -0.05) is 13.3 Å². The van der Waals surface area contributed by atoms with Crippen LogP contribution >= 0.6 is 0 Å². The molecule has 1 aromatic rings. The number of rotatable bonds is 6. The topological polar surface area (TPSA) is 81.4 Å². The average molecular weight is 282 g/mol. The smallest absolute Gasteiger partial charge is 0.341 e. The first kappa shape index (κ1) is 15.9. The van der Waals surface area contributed by atoms with Crippen LogP contribution in [0.4, 0.5) is 10.1 Å². The molecular formula is C14H19FN2O3. The fraction of sp³-hybridized carbons (Fsp3) is 0.429. The van der Waals surface area contributed by atoms with Gasteiger partial charge >= 0.3 is 5.97 Å². The molecule has 5 nitrogen and oxygen atoms in total. The summed E-state index contributed by atoms with van der Waals surface area (Å²) in [5.41, 5.74) is 5.35. The number of carbonyl (C=O) groups excluding carboxylic acids is 2. The summed E-state index contributed by atoms with van der Waals surface area (Å²) < 4.78 is 18.2. The lowest BCUT2D eigenvalue weighted by Crippen LogP contribution is -2.35. The Labute approximate surface area is 117 Å². The minimum Gasteiger partial charge on any atom is -0.452 e. The number of anilines is 1. The molecule has 0 bridgehead atoms. The molecule has 20 heavy (non-hydrogen) atoms. The largest absolute Gasteiger partial charge is 0.452 e. The van der Waals surface area contributed by atoms with Crippen molar-refractivity contribution < 1.29 is 18.7 Å². The lowest BCUT2D eigenvalue weighted by atomic mass is 10.2. The van der Waals surface area contributed by atoms with Gasteiger partial charge in [0, 0.05) is 11.7 Å². The van der Waals surface area contributed by atoms with Crippen LogP contribution in [0.1, 0.15) is 37.0 Å². The predicted octanol–water partition coefficient (Wildman–Crippen LogP) is 1.87. The number of hydrogen-bond acceptors (Lipinski definition) is 4. The quantitative estimate of drug-likeness (QED) is 0.616. The van der Waals surface area contributed by atoms with Gasteiger partial charge < -0.3 is 15.8 Å². The summed E-state index contributed by atoms with van der Waals surface area (Å²) in [6.07, 6.45) is 1.78. The Kier molecular flexibility index (Phi) is 5.96. The molecule has 0 aromatic heterocycles. The van der Waals surface area contributed by atoms with E-state index in [0.29, 0.717) is 0 Å². The molecule has 0 saturated heterocycles. The van der Waals surface area contributed by atoms with Gasteiger partial charge in [-0.2, -0.15) is 0 Å². The molecule has 1 atom stereocenters. The first-order valence-corrected chi connectivity index (χ1v) is 6.45. The predicted molar refractivity (Wildman–Crippen MR) is 73.6 cm³/mol. The third kappa shape index (κ3) is 4.87. The maximum atomic E-state index is 13.5. The van der Waals surface area contributed by atoms with Gasteiger partial charge in [-0.25, -0.2) is 9.18 Å². The van der Waals surface area contributed by atoms with E-state index in [9.17, 15) is 14.0 Å². The van der Waals surface area contributed by atoms with E-state index >= 15 is 0 Å². The van der Waals surface area contributed by atoms with Crippen molar-refractivity contribution in [1.82, 2.24) is 5.32 Å². The molecule has 110 valence electrons. The van der Waals surface area contributed by atoms with E-state index in [1.165, 1.54) is 12.1 Å². The molecule has 0 spiro atoms. The first-order chi connectivity index (χ1) is 9.43. The zero-order valence-corrected chi connectivity index (χ0v) is 11.6. The van der Waals surface area contributed by atoms with Crippen molar-refractivity contribution in [1.29, 1.82) is 0 Å². The van der Waals surface area contributed by atoms with Gasteiger partial charge in [0.05, 0.1) is 5.56 Å². The third-order valence-electron chi connectivity index (χ3n) is 2.68. The van der Waals surface area contributed by atoms with Crippen LogP contribution in [-0.4, -0.2) is 24.5 Å². The van der Waals surface area contributed by atoms with Crippen LogP contribution in [-0.2, 0) is 9.53 Å². The highest BCUT2D eigenvalue weighted by Gasteiger charge is 2.15. The average Bonchev–Trinajstić information content (AvgIpc) is 2.36. The molecule has 0 aliphatic carbocycles. The molecule has 3 N–H and O–H groups in total. The molecule has 1 amide bonds. The zero-order chi connectivity index (χ0) is 15.1. The Morgan fingerprint density at radius 2 is 2.15 bits per heavy atom. The summed E-state index contributed by atoms with van der Waals surface area (Å²) in [6, 6.07) is 3.66. The maximum Gasteiger partial charge on any atom is 0.341 e. The second-order valence-electron chi connectivity index (χ2n) is 4.57. The van der Waals surface area contributed by atoms with Gasteiger partial charge in [0.1, 0.15) is 5.82 Å². The van der Waals surface area contributed by atoms with Crippen LogP contribution in [0.15, 0.2) is 18.2 Å². The standard InChI is InChI=1S/C14H19FN2O3/c1-3-4-9(2)17-13(18)8-20-14(19)11-6-5-10(16)7-12(11)15/h5-7,9H,3-4,8,16H2,1-2H3,(H,17,18). The second kappa shape index (κ2) is 7.47. The number of halogens is 1. The molecule has 1 unspecified atom stereocenters. The van der Waals surface area contributed by atoms with E-state index in [1.54, 1.807) is 0 Å². The van der Waals surface area contributed by atoms with Crippen molar-refractivity contribution in [3.8, 4) is 0 Å². The molecule has 0 aliphatic heterocycles. The molecule has 0 heterocycles. The van der Waals surface area contributed by atoms with Crippen LogP contribution in [0, 0.1) is 5.82 Å². The molecule has 1 rings (SSSR count). The Hall–Kier alpha value is -2.11. The highest BCUT2D eigenvalue weighted by atomic mass is 19.1. The van der Waals surface area contributed by atoms with E-state index in [2.05, 4.69) is 5.32 Å². The maximum absolute atomic E-state index is 13.5. The van der Waals surface area contributed by atoms with Crippen molar-refractivity contribution in [2.75, 3.05) is 12.3 Å². The summed E-state index contributed by atoms with van der Waals surface area (Å²) in [6.45, 7) is 3.44. The SMILES string of the molecule is CCCC(C)NC(=O)COC(=O)c1ccc(N)cc1F. The van der Waals surface area contributed by atoms with E-state index in [1.807, 2.05) is 13.8 Å². The van der Waals surface area contributed by atoms with E-state index in [0.717, 1.165) is 18.9 Å². The van der Waals surface area contributed by atoms with E-state index < -0.39 is 24.3 Å². The Morgan fingerprint density at radius 1 is 1.45 bits per heavy atom. The number of carbonyl (C=O) groups is 2. The van der Waals surface area contributed by atoms with Crippen LogP contribution in [0.5, 0.6) is 0 Å². The Morgan fingerprint density at radius 3 is 2.75 bits per heavy atom. The zero-order valence-electron chi connectivity index (χ0n) is 11.6. The van der Waals surface area contributed by atoms with Crippen LogP contribution in [0.25, 0.3) is 0 Å². The van der Waals surface area contributed by atoms with E-state index in [-0.39, 0.29) is 17.3 Å². The monoisotopic (exact) mass is 282 g/mol. The minimum absolute atomic E-state index is 0.0134. The highest BCUT2D eigenvalue weighted by molar-refractivity contribution is 5.91. The number of nitrogens with two attached hydrogens (primary N) is 1. The number of hydrogen-bond donors (Lipinski definition) is 2. The van der Waals surface area contributed by atoms with Crippen molar-refractivity contribution in [2.45, 2.75) is 32.7 Å². The number of ether oxygens (including phenoxy) is 1. The molecule has 0 aliphatic rings. The first-order valence-electron chi connectivity index (χ1n) is 6.45. The molecule has 6 heteroatoms. The van der Waals surface area contributed by atoms with Gasteiger partial charge in [-0.15, -0.1) is 0 Å². The van der Waals surface area contributed by atoms with Crippen molar-refractivity contribution in [2.24, 2.45) is 0 Å². The summed E-state index contributed by atoms with van der Waals surface area (Å²) in [7, 11) is 0. The Balaban J connectivity index is 2.49. The molecule has 0 fully saturated rings. The third-order valence-corrected chi connectivity index (χ3v) is 2.68. The van der Waals surface area contributed by atoms with Crippen molar-refractivity contribution in [3.05, 3.63) is 29.6 Å². The van der Waals surface area contributed by atoms with Gasteiger partial charge in [-0.3, -0.25) is 4.79 Å². The number of nitrogen functional groups attached to an aromatic ring is 1. The van der Waals surface area contributed by atoms with Crippen LogP contribution in [0.3, 0.4) is 0 Å². The fourth-order valence-corrected chi connectivity index (χ4v) is 1.73. The molecular weight excluding hydrogens is 263 g/mol. The lowest BCUT2D eigenvalue weighted by Gasteiger charge is -2.12. The van der Waals surface area contributed by atoms with Gasteiger partial charge in [0.25, 0.3) is 5.91 Å². The second-order valence-corrected chi connectivity index (χ2v) is 4.57. The van der Waals surface area contributed by atoms with Crippen molar-refractivity contribution >= 4 is 17.6 Å². The number of nitrogens with one attached hydrogen (secondary N) is 1. The summed E-state index contributed by atoms with van der Waals surface area (Å²) in [5, 5.41) is 2.68. The van der Waals surface area contributed by atoms with Crippen LogP contribution in [0.2, 0.25) is 0 Å². The van der Waals surface area contributed by atoms with Gasteiger partial charge in [-0.05, 0) is 31.5 Å². The molecule has 1 aromatic carbocycles. The fourth-order valence-electron chi connectivity index (χ4n) is 1.73. The summed E-state index contributed by atoms with van der Waals surface area (Å²) in [5.74, 6) is -2.06. The van der Waals surface area contributed by atoms with Crippen molar-refractivity contribution in [3.63, 3.8) is 0 Å². The number of amides is 1. The normalized spacial score (nSPS) is 11.8. The van der Waals surface area contributed by atoms with Gasteiger partial charge in [0.15, 0.2) is 6.61 Å². The van der Waals surface area contributed by atoms with E-state index in [4.69, 9.17) is 10.5 Å². The highest BCUT2D eigenvalue weighted by Crippen LogP contribution is 2.12.